The fraction of sp³-hybridized carbons (Fsp3) is 0.364. The van der Waals surface area contributed by atoms with Crippen molar-refractivity contribution >= 4 is 11.7 Å². The van der Waals surface area contributed by atoms with E-state index < -0.39 is 17.0 Å². The Labute approximate surface area is 102 Å². The number of carbonyl (C=O) groups is 1. The molecule has 0 bridgehead atoms. The SMILES string of the molecule is O=C(OC[C@H](O)[C@H]1CO1)c1ccc([N+](=O)[O-])cc1. The molecule has 96 valence electrons. The van der Waals surface area contributed by atoms with Crippen molar-refractivity contribution in [2.24, 2.45) is 0 Å². The molecular weight excluding hydrogens is 242 g/mol. The summed E-state index contributed by atoms with van der Waals surface area (Å²) in [5.41, 5.74) is 0.0995. The van der Waals surface area contributed by atoms with E-state index in [1.807, 2.05) is 0 Å². The molecule has 1 fully saturated rings. The summed E-state index contributed by atoms with van der Waals surface area (Å²) in [6.07, 6.45) is -1.08. The molecule has 2 atom stereocenters. The molecule has 7 nitrogen and oxygen atoms in total. The average Bonchev–Trinajstić information content (AvgIpc) is 3.20. The monoisotopic (exact) mass is 253 g/mol. The molecule has 0 radical (unpaired) electrons. The fourth-order valence-corrected chi connectivity index (χ4v) is 1.35. The number of carbonyl (C=O) groups excluding carboxylic acids is 1. The number of nitro benzene ring substituents is 1. The number of nitro groups is 1. The Balaban J connectivity index is 1.89. The first-order chi connectivity index (χ1) is 8.58. The molecule has 0 saturated carbocycles. The number of rotatable bonds is 5. The lowest BCUT2D eigenvalue weighted by Crippen LogP contribution is -2.23. The molecule has 1 aliphatic heterocycles. The summed E-state index contributed by atoms with van der Waals surface area (Å²) in [6.45, 7) is 0.316. The van der Waals surface area contributed by atoms with E-state index in [0.717, 1.165) is 0 Å². The first-order valence-corrected chi connectivity index (χ1v) is 5.29. The Morgan fingerprint density at radius 3 is 2.67 bits per heavy atom. The highest BCUT2D eigenvalue weighted by molar-refractivity contribution is 5.89. The lowest BCUT2D eigenvalue weighted by Gasteiger charge is -2.08. The summed E-state index contributed by atoms with van der Waals surface area (Å²) in [5.74, 6) is -0.635. The van der Waals surface area contributed by atoms with E-state index in [1.54, 1.807) is 0 Å². The van der Waals surface area contributed by atoms with Gasteiger partial charge in [-0.3, -0.25) is 10.1 Å². The van der Waals surface area contributed by atoms with E-state index in [1.165, 1.54) is 24.3 Å². The van der Waals surface area contributed by atoms with Gasteiger partial charge in [0.05, 0.1) is 17.1 Å². The molecule has 18 heavy (non-hydrogen) atoms. The van der Waals surface area contributed by atoms with Gasteiger partial charge in [-0.25, -0.2) is 4.79 Å². The fourth-order valence-electron chi connectivity index (χ4n) is 1.35. The predicted octanol–water partition coefficient (Wildman–Crippen LogP) is 0.511. The second kappa shape index (κ2) is 5.11. The first-order valence-electron chi connectivity index (χ1n) is 5.29. The first kappa shape index (κ1) is 12.5. The molecule has 0 spiro atoms. The van der Waals surface area contributed by atoms with Crippen LogP contribution in [-0.4, -0.2) is 41.4 Å². The van der Waals surface area contributed by atoms with Gasteiger partial charge in [0.1, 0.15) is 18.8 Å². The van der Waals surface area contributed by atoms with Crippen LogP contribution in [0.15, 0.2) is 24.3 Å². The maximum Gasteiger partial charge on any atom is 0.338 e. The van der Waals surface area contributed by atoms with Crippen molar-refractivity contribution in [2.75, 3.05) is 13.2 Å². The minimum absolute atomic E-state index is 0.0991. The number of hydrogen-bond acceptors (Lipinski definition) is 6. The van der Waals surface area contributed by atoms with Crippen LogP contribution in [0.2, 0.25) is 0 Å². The van der Waals surface area contributed by atoms with Crippen LogP contribution in [0.1, 0.15) is 10.4 Å². The van der Waals surface area contributed by atoms with Gasteiger partial charge in [-0.2, -0.15) is 0 Å². The third-order valence-electron chi connectivity index (χ3n) is 2.49. The van der Waals surface area contributed by atoms with Crippen molar-refractivity contribution in [3.8, 4) is 0 Å². The van der Waals surface area contributed by atoms with Crippen LogP contribution < -0.4 is 0 Å². The number of hydrogen-bond donors (Lipinski definition) is 1. The molecule has 1 saturated heterocycles. The summed E-state index contributed by atoms with van der Waals surface area (Å²) >= 11 is 0. The summed E-state index contributed by atoms with van der Waals surface area (Å²) in [5, 5.41) is 19.8. The maximum absolute atomic E-state index is 11.5. The van der Waals surface area contributed by atoms with Gasteiger partial charge in [0.25, 0.3) is 5.69 Å². The zero-order valence-corrected chi connectivity index (χ0v) is 9.31. The van der Waals surface area contributed by atoms with Gasteiger partial charge in [0.15, 0.2) is 0 Å². The van der Waals surface area contributed by atoms with E-state index >= 15 is 0 Å². The number of ether oxygens (including phenoxy) is 2. The van der Waals surface area contributed by atoms with Crippen molar-refractivity contribution in [1.29, 1.82) is 0 Å². The number of esters is 1. The van der Waals surface area contributed by atoms with Crippen molar-refractivity contribution in [3.63, 3.8) is 0 Å². The lowest BCUT2D eigenvalue weighted by atomic mass is 10.2. The van der Waals surface area contributed by atoms with Gasteiger partial charge >= 0.3 is 5.97 Å². The van der Waals surface area contributed by atoms with Crippen molar-refractivity contribution in [3.05, 3.63) is 39.9 Å². The molecule has 1 heterocycles. The molecule has 0 aromatic heterocycles. The zero-order chi connectivity index (χ0) is 13.1. The molecular formula is C11H11NO6. The van der Waals surface area contributed by atoms with Gasteiger partial charge in [-0.15, -0.1) is 0 Å². The molecule has 1 aliphatic rings. The standard InChI is InChI=1S/C11H11NO6/c13-9(10-6-17-10)5-18-11(14)7-1-3-8(4-2-7)12(15)16/h1-4,9-10,13H,5-6H2/t9-,10+/m0/s1. The Morgan fingerprint density at radius 2 is 2.17 bits per heavy atom. The molecule has 0 aliphatic carbocycles. The zero-order valence-electron chi connectivity index (χ0n) is 9.31. The predicted molar refractivity (Wildman–Crippen MR) is 59.1 cm³/mol. The lowest BCUT2D eigenvalue weighted by molar-refractivity contribution is -0.384. The van der Waals surface area contributed by atoms with Crippen LogP contribution in [0, 0.1) is 10.1 Å². The number of non-ortho nitro benzene ring substituents is 1. The number of nitrogens with zero attached hydrogens (tertiary/aromatic N) is 1. The summed E-state index contributed by atoms with van der Waals surface area (Å²) in [6, 6.07) is 5.05. The topological polar surface area (TPSA) is 102 Å². The van der Waals surface area contributed by atoms with E-state index in [2.05, 4.69) is 0 Å². The second-order valence-corrected chi connectivity index (χ2v) is 3.84. The smallest absolute Gasteiger partial charge is 0.338 e. The Hall–Kier alpha value is -1.99. The third-order valence-corrected chi connectivity index (χ3v) is 2.49. The number of aliphatic hydroxyl groups excluding tert-OH is 1. The summed E-state index contributed by atoms with van der Waals surface area (Å²) in [4.78, 5) is 21.4. The van der Waals surface area contributed by atoms with Crippen molar-refractivity contribution < 1.29 is 24.3 Å². The minimum Gasteiger partial charge on any atom is -0.459 e. The van der Waals surface area contributed by atoms with Gasteiger partial charge in [-0.05, 0) is 12.1 Å². The van der Waals surface area contributed by atoms with Crippen LogP contribution in [0.5, 0.6) is 0 Å². The van der Waals surface area contributed by atoms with Crippen LogP contribution >= 0.6 is 0 Å². The normalized spacial score (nSPS) is 19.1. The largest absolute Gasteiger partial charge is 0.459 e. The molecule has 1 N–H and O–H groups in total. The second-order valence-electron chi connectivity index (χ2n) is 3.84. The van der Waals surface area contributed by atoms with Gasteiger partial charge in [0, 0.05) is 12.1 Å². The van der Waals surface area contributed by atoms with E-state index in [0.29, 0.717) is 6.61 Å². The number of benzene rings is 1. The highest BCUT2D eigenvalue weighted by atomic mass is 16.6. The molecule has 7 heteroatoms. The molecule has 1 aromatic rings. The van der Waals surface area contributed by atoms with Crippen molar-refractivity contribution in [2.45, 2.75) is 12.2 Å². The highest BCUT2D eigenvalue weighted by Gasteiger charge is 2.32. The van der Waals surface area contributed by atoms with Gasteiger partial charge in [-0.1, -0.05) is 0 Å². The molecule has 0 amide bonds. The molecule has 0 unspecified atom stereocenters. The van der Waals surface area contributed by atoms with Crippen LogP contribution in [0.4, 0.5) is 5.69 Å². The minimum atomic E-state index is -0.827. The highest BCUT2D eigenvalue weighted by Crippen LogP contribution is 2.15. The third kappa shape index (κ3) is 3.02. The summed E-state index contributed by atoms with van der Waals surface area (Å²) < 4.78 is 9.69. The summed E-state index contributed by atoms with van der Waals surface area (Å²) in [7, 11) is 0. The van der Waals surface area contributed by atoms with Crippen LogP contribution in [0.25, 0.3) is 0 Å². The Bertz CT molecular complexity index is 453. The van der Waals surface area contributed by atoms with E-state index in [9.17, 15) is 20.0 Å². The van der Waals surface area contributed by atoms with E-state index in [-0.39, 0.29) is 24.0 Å². The Kier molecular flexibility index (Phi) is 3.54. The molecule has 1 aromatic carbocycles. The molecule has 2 rings (SSSR count). The average molecular weight is 253 g/mol. The Morgan fingerprint density at radius 1 is 1.56 bits per heavy atom. The van der Waals surface area contributed by atoms with Gasteiger partial charge < -0.3 is 14.6 Å². The number of aliphatic hydroxyl groups is 1. The number of epoxide rings is 1. The van der Waals surface area contributed by atoms with Gasteiger partial charge in [0.2, 0.25) is 0 Å². The maximum atomic E-state index is 11.5. The van der Waals surface area contributed by atoms with Crippen molar-refractivity contribution in [1.82, 2.24) is 0 Å². The van der Waals surface area contributed by atoms with Crippen LogP contribution in [-0.2, 0) is 9.47 Å². The van der Waals surface area contributed by atoms with Crippen LogP contribution in [0.3, 0.4) is 0 Å². The van der Waals surface area contributed by atoms with E-state index in [4.69, 9.17) is 9.47 Å². The quantitative estimate of drug-likeness (QED) is 0.355.